The molecule has 0 fully saturated rings. The highest BCUT2D eigenvalue weighted by Gasteiger charge is 2.25. The number of rotatable bonds is 6. The number of hydrogen-bond donors (Lipinski definition) is 2. The van der Waals surface area contributed by atoms with Crippen LogP contribution in [0.4, 0.5) is 15.9 Å². The van der Waals surface area contributed by atoms with Crippen LogP contribution in [0, 0.1) is 15.9 Å². The van der Waals surface area contributed by atoms with E-state index in [2.05, 4.69) is 36.7 Å². The number of nitrogens with one attached hydrogen (secondary N) is 2. The van der Waals surface area contributed by atoms with Crippen LogP contribution in [0.25, 0.3) is 0 Å². The van der Waals surface area contributed by atoms with Crippen molar-refractivity contribution < 1.29 is 18.8 Å². The first-order valence-corrected chi connectivity index (χ1v) is 8.48. The predicted molar refractivity (Wildman–Crippen MR) is 100 cm³/mol. The molecule has 28 heavy (non-hydrogen) atoms. The summed E-state index contributed by atoms with van der Waals surface area (Å²) in [6.45, 7) is 0. The maximum Gasteiger partial charge on any atom is 0.374 e. The molecule has 0 spiro atoms. The lowest BCUT2D eigenvalue weighted by Gasteiger charge is -2.10. The molecular weight excluding hydrogens is 437 g/mol. The van der Waals surface area contributed by atoms with Crippen LogP contribution in [-0.4, -0.2) is 20.8 Å². The lowest BCUT2D eigenvalue weighted by Crippen LogP contribution is -2.30. The van der Waals surface area contributed by atoms with Gasteiger partial charge in [-0.2, -0.15) is 4.98 Å². The number of aromatic nitrogens is 2. The van der Waals surface area contributed by atoms with Gasteiger partial charge in [0.2, 0.25) is 5.82 Å². The largest absolute Gasteiger partial charge is 0.434 e. The van der Waals surface area contributed by atoms with E-state index in [9.17, 15) is 19.3 Å². The van der Waals surface area contributed by atoms with Gasteiger partial charge in [0.15, 0.2) is 0 Å². The molecule has 2 aromatic carbocycles. The predicted octanol–water partition coefficient (Wildman–Crippen LogP) is 3.84. The second-order valence-electron chi connectivity index (χ2n) is 5.28. The summed E-state index contributed by atoms with van der Waals surface area (Å²) in [7, 11) is 0. The van der Waals surface area contributed by atoms with Crippen molar-refractivity contribution in [2.45, 2.75) is 0 Å². The number of anilines is 1. The van der Waals surface area contributed by atoms with Gasteiger partial charge in [-0.05, 0) is 48.5 Å². The van der Waals surface area contributed by atoms with Crippen LogP contribution in [0.2, 0.25) is 0 Å². The molecule has 0 bridgehead atoms. The molecule has 0 atom stereocenters. The topological polar surface area (TPSA) is 119 Å². The van der Waals surface area contributed by atoms with Crippen molar-refractivity contribution in [3.8, 4) is 11.6 Å². The van der Waals surface area contributed by atoms with Crippen molar-refractivity contribution in [1.82, 2.24) is 15.4 Å². The highest BCUT2D eigenvalue weighted by molar-refractivity contribution is 9.10. The molecule has 0 unspecified atom stereocenters. The Morgan fingerprint density at radius 3 is 2.43 bits per heavy atom. The Morgan fingerprint density at radius 1 is 1.11 bits per heavy atom. The van der Waals surface area contributed by atoms with Gasteiger partial charge in [-0.3, -0.25) is 25.8 Å². The summed E-state index contributed by atoms with van der Waals surface area (Å²) in [4.78, 5) is 30.4. The van der Waals surface area contributed by atoms with Gasteiger partial charge in [-0.15, -0.1) is 0 Å². The smallest absolute Gasteiger partial charge is 0.374 e. The van der Waals surface area contributed by atoms with Crippen LogP contribution < -0.4 is 15.6 Å². The van der Waals surface area contributed by atoms with Gasteiger partial charge in [0, 0.05) is 10.0 Å². The number of halogens is 2. The van der Waals surface area contributed by atoms with Crippen LogP contribution in [0.5, 0.6) is 11.6 Å². The zero-order valence-electron chi connectivity index (χ0n) is 13.9. The molecule has 142 valence electrons. The van der Waals surface area contributed by atoms with Crippen molar-refractivity contribution >= 4 is 33.3 Å². The number of hydrazine groups is 1. The summed E-state index contributed by atoms with van der Waals surface area (Å²) in [5, 5.41) is 11.5. The Labute approximate surface area is 165 Å². The molecular formula is C17H11BrFN5O4. The third-order valence-electron chi connectivity index (χ3n) is 3.40. The Balaban J connectivity index is 1.80. The third-order valence-corrected chi connectivity index (χ3v) is 3.93. The Bertz CT molecular complexity index is 1020. The summed E-state index contributed by atoms with van der Waals surface area (Å²) in [6, 6.07) is 11.4. The number of hydrogen-bond acceptors (Lipinski definition) is 7. The van der Waals surface area contributed by atoms with E-state index in [-0.39, 0.29) is 17.3 Å². The number of amides is 1. The van der Waals surface area contributed by atoms with Crippen LogP contribution in [0.15, 0.2) is 59.3 Å². The van der Waals surface area contributed by atoms with Crippen molar-refractivity contribution in [1.29, 1.82) is 0 Å². The maximum absolute atomic E-state index is 12.9. The van der Waals surface area contributed by atoms with E-state index in [1.165, 1.54) is 12.1 Å². The summed E-state index contributed by atoms with van der Waals surface area (Å²) in [5.41, 5.74) is 4.21. The van der Waals surface area contributed by atoms with E-state index in [4.69, 9.17) is 4.74 Å². The van der Waals surface area contributed by atoms with Crippen molar-refractivity contribution in [2.75, 3.05) is 5.43 Å². The fraction of sp³-hybridized carbons (Fsp3) is 0. The Morgan fingerprint density at radius 2 is 1.79 bits per heavy atom. The van der Waals surface area contributed by atoms with Gasteiger partial charge in [0.25, 0.3) is 5.91 Å². The monoisotopic (exact) mass is 447 g/mol. The van der Waals surface area contributed by atoms with E-state index in [1.807, 2.05) is 0 Å². The minimum Gasteiger partial charge on any atom is -0.434 e. The summed E-state index contributed by atoms with van der Waals surface area (Å²) < 4.78 is 19.2. The standard InChI is InChI=1S/C17H11BrFN5O4/c18-11-3-7-13(8-4-11)28-17-14(24(26)27)15(20-9-21-17)22-23-16(25)10-1-5-12(19)6-2-10/h1-9H,(H,23,25)(H,20,21,22). The molecule has 0 aliphatic rings. The zero-order valence-corrected chi connectivity index (χ0v) is 15.5. The first-order valence-electron chi connectivity index (χ1n) is 7.69. The summed E-state index contributed by atoms with van der Waals surface area (Å²) >= 11 is 3.28. The van der Waals surface area contributed by atoms with Gasteiger partial charge in [-0.1, -0.05) is 15.9 Å². The number of nitro groups is 1. The number of nitrogens with zero attached hydrogens (tertiary/aromatic N) is 3. The normalized spacial score (nSPS) is 10.2. The number of benzene rings is 2. The van der Waals surface area contributed by atoms with E-state index < -0.39 is 22.3 Å². The average Bonchev–Trinajstić information content (AvgIpc) is 2.68. The van der Waals surface area contributed by atoms with E-state index in [0.29, 0.717) is 5.75 Å². The molecule has 1 heterocycles. The number of ether oxygens (including phenoxy) is 1. The van der Waals surface area contributed by atoms with Crippen LogP contribution in [0.3, 0.4) is 0 Å². The molecule has 1 aromatic heterocycles. The first kappa shape index (κ1) is 19.2. The van der Waals surface area contributed by atoms with E-state index in [0.717, 1.165) is 22.9 Å². The molecule has 0 aliphatic heterocycles. The number of carbonyl (C=O) groups excluding carboxylic acids is 1. The molecule has 2 N–H and O–H groups in total. The highest BCUT2D eigenvalue weighted by atomic mass is 79.9. The zero-order chi connectivity index (χ0) is 20.1. The third kappa shape index (κ3) is 4.57. The molecule has 1 amide bonds. The van der Waals surface area contributed by atoms with E-state index >= 15 is 0 Å². The molecule has 3 aromatic rings. The molecule has 9 nitrogen and oxygen atoms in total. The summed E-state index contributed by atoms with van der Waals surface area (Å²) in [5.74, 6) is -1.39. The van der Waals surface area contributed by atoms with Crippen LogP contribution in [-0.2, 0) is 0 Å². The average molecular weight is 448 g/mol. The van der Waals surface area contributed by atoms with Gasteiger partial charge < -0.3 is 4.74 Å². The van der Waals surface area contributed by atoms with Crippen LogP contribution >= 0.6 is 15.9 Å². The summed E-state index contributed by atoms with van der Waals surface area (Å²) in [6.07, 6.45) is 1.05. The molecule has 0 saturated carbocycles. The molecule has 0 saturated heterocycles. The fourth-order valence-corrected chi connectivity index (χ4v) is 2.36. The second kappa shape index (κ2) is 8.39. The van der Waals surface area contributed by atoms with Gasteiger partial charge in [0.05, 0.1) is 4.92 Å². The highest BCUT2D eigenvalue weighted by Crippen LogP contribution is 2.33. The van der Waals surface area contributed by atoms with Crippen molar-refractivity contribution in [3.63, 3.8) is 0 Å². The van der Waals surface area contributed by atoms with Crippen molar-refractivity contribution in [3.05, 3.63) is 80.8 Å². The second-order valence-corrected chi connectivity index (χ2v) is 6.19. The fourth-order valence-electron chi connectivity index (χ4n) is 2.10. The SMILES string of the molecule is O=C(NNc1ncnc(Oc2ccc(Br)cc2)c1[N+](=O)[O-])c1ccc(F)cc1. The lowest BCUT2D eigenvalue weighted by atomic mass is 10.2. The quantitative estimate of drug-likeness (QED) is 0.435. The molecule has 3 rings (SSSR count). The van der Waals surface area contributed by atoms with E-state index in [1.54, 1.807) is 24.3 Å². The van der Waals surface area contributed by atoms with Gasteiger partial charge in [-0.25, -0.2) is 9.37 Å². The minimum atomic E-state index is -0.736. The Hall–Kier alpha value is -3.60. The molecule has 11 heteroatoms. The van der Waals surface area contributed by atoms with Crippen molar-refractivity contribution in [2.24, 2.45) is 0 Å². The van der Waals surface area contributed by atoms with Gasteiger partial charge >= 0.3 is 11.6 Å². The first-order chi connectivity index (χ1) is 13.4. The Kier molecular flexibility index (Phi) is 5.75. The lowest BCUT2D eigenvalue weighted by molar-refractivity contribution is -0.385. The van der Waals surface area contributed by atoms with Crippen LogP contribution in [0.1, 0.15) is 10.4 Å². The number of carbonyl (C=O) groups is 1. The minimum absolute atomic E-state index is 0.150. The maximum atomic E-state index is 12.9. The molecule has 0 aliphatic carbocycles. The molecule has 0 radical (unpaired) electrons. The van der Waals surface area contributed by atoms with Gasteiger partial charge in [0.1, 0.15) is 17.9 Å².